The largest absolute Gasteiger partial charge is 0.284 e. The zero-order chi connectivity index (χ0) is 15.7. The van der Waals surface area contributed by atoms with Gasteiger partial charge in [0.1, 0.15) is 0 Å². The molecule has 1 unspecified atom stereocenters. The molecule has 3 rings (SSSR count). The minimum absolute atomic E-state index is 0.0549. The molecule has 1 atom stereocenters. The van der Waals surface area contributed by atoms with Gasteiger partial charge in [0, 0.05) is 11.6 Å². The number of benzene rings is 2. The van der Waals surface area contributed by atoms with Gasteiger partial charge in [-0.2, -0.15) is 0 Å². The second kappa shape index (κ2) is 5.57. The van der Waals surface area contributed by atoms with Gasteiger partial charge in [-0.15, -0.1) is 0 Å². The van der Waals surface area contributed by atoms with Gasteiger partial charge < -0.3 is 0 Å². The van der Waals surface area contributed by atoms with E-state index in [2.05, 4.69) is 88.4 Å². The molecule has 0 aliphatic heterocycles. The molecule has 0 radical (unpaired) electrons. The van der Waals surface area contributed by atoms with Gasteiger partial charge in [-0.25, -0.2) is 0 Å². The van der Waals surface area contributed by atoms with E-state index in [1.165, 1.54) is 22.3 Å². The average molecular weight is 289 g/mol. The number of rotatable bonds is 2. The van der Waals surface area contributed by atoms with E-state index in [0.717, 1.165) is 5.71 Å². The predicted molar refractivity (Wildman–Crippen MR) is 95.7 cm³/mol. The van der Waals surface area contributed by atoms with Gasteiger partial charge in [0.25, 0.3) is 0 Å². The van der Waals surface area contributed by atoms with Crippen LogP contribution in [0.25, 0.3) is 6.08 Å². The summed E-state index contributed by atoms with van der Waals surface area (Å²) >= 11 is 0. The molecule has 0 amide bonds. The third-order valence-corrected chi connectivity index (χ3v) is 3.99. The van der Waals surface area contributed by atoms with Crippen molar-refractivity contribution in [3.63, 3.8) is 0 Å². The average Bonchev–Trinajstić information content (AvgIpc) is 2.89. The summed E-state index contributed by atoms with van der Waals surface area (Å²) in [6.07, 6.45) is 4.53. The molecule has 2 aromatic rings. The zero-order valence-electron chi connectivity index (χ0n) is 13.8. The molecule has 1 aliphatic rings. The predicted octanol–water partition coefficient (Wildman–Crippen LogP) is 5.45. The summed E-state index contributed by atoms with van der Waals surface area (Å²) in [5, 5.41) is 0. The number of allylic oxidation sites excluding steroid dienone is 1. The Morgan fingerprint density at radius 2 is 1.55 bits per heavy atom. The summed E-state index contributed by atoms with van der Waals surface area (Å²) in [7, 11) is 0. The molecular weight excluding hydrogens is 266 g/mol. The maximum Gasteiger partial charge on any atom is 0.0527 e. The van der Waals surface area contributed by atoms with Crippen molar-refractivity contribution < 1.29 is 0 Å². The second-order valence-corrected chi connectivity index (χ2v) is 6.92. The molecule has 0 aromatic heterocycles. The Balaban J connectivity index is 2.08. The van der Waals surface area contributed by atoms with Gasteiger partial charge in [0.2, 0.25) is 0 Å². The first-order valence-electron chi connectivity index (χ1n) is 7.88. The van der Waals surface area contributed by atoms with Crippen LogP contribution in [0.4, 0.5) is 0 Å². The van der Waals surface area contributed by atoms with Crippen LogP contribution in [-0.4, -0.2) is 11.3 Å². The Labute approximate surface area is 133 Å². The van der Waals surface area contributed by atoms with E-state index in [-0.39, 0.29) is 5.54 Å². The van der Waals surface area contributed by atoms with Crippen molar-refractivity contribution in [1.82, 2.24) is 0 Å². The topological polar surface area (TPSA) is 12.4 Å². The van der Waals surface area contributed by atoms with E-state index in [1.807, 2.05) is 0 Å². The van der Waals surface area contributed by atoms with Crippen LogP contribution in [0.5, 0.6) is 0 Å². The SMILES string of the molecule is CC(=NC(C)(C)C)c1ccccc1C1C=Cc2ccccc21. The van der Waals surface area contributed by atoms with E-state index >= 15 is 0 Å². The lowest BCUT2D eigenvalue weighted by atomic mass is 9.88. The Morgan fingerprint density at radius 3 is 2.27 bits per heavy atom. The van der Waals surface area contributed by atoms with Gasteiger partial charge in [-0.05, 0) is 49.9 Å². The van der Waals surface area contributed by atoms with Crippen LogP contribution in [-0.2, 0) is 0 Å². The molecule has 0 heterocycles. The Hall–Kier alpha value is -2.15. The van der Waals surface area contributed by atoms with Crippen LogP contribution in [0.15, 0.2) is 59.6 Å². The van der Waals surface area contributed by atoms with Gasteiger partial charge >= 0.3 is 0 Å². The van der Waals surface area contributed by atoms with Crippen LogP contribution in [0.3, 0.4) is 0 Å². The molecule has 0 bridgehead atoms. The molecule has 0 saturated heterocycles. The van der Waals surface area contributed by atoms with E-state index in [9.17, 15) is 0 Å². The molecule has 2 aromatic carbocycles. The Kier molecular flexibility index (Phi) is 3.74. The maximum absolute atomic E-state index is 4.86. The summed E-state index contributed by atoms with van der Waals surface area (Å²) in [6.45, 7) is 8.55. The monoisotopic (exact) mass is 289 g/mol. The molecule has 22 heavy (non-hydrogen) atoms. The molecule has 0 spiro atoms. The number of nitrogens with zero attached hydrogens (tertiary/aromatic N) is 1. The highest BCUT2D eigenvalue weighted by molar-refractivity contribution is 6.00. The van der Waals surface area contributed by atoms with Gasteiger partial charge in [-0.1, -0.05) is 60.7 Å². The van der Waals surface area contributed by atoms with E-state index < -0.39 is 0 Å². The molecule has 0 fully saturated rings. The fraction of sp³-hybridized carbons (Fsp3) is 0.286. The standard InChI is InChI=1S/C21H23N/c1-15(22-21(2,3)4)17-10-7-8-12-19(17)20-14-13-16-9-5-6-11-18(16)20/h5-14,20H,1-4H3. The van der Waals surface area contributed by atoms with Gasteiger partial charge in [-0.3, -0.25) is 4.99 Å². The minimum atomic E-state index is -0.0549. The van der Waals surface area contributed by atoms with Crippen LogP contribution < -0.4 is 0 Å². The molecule has 1 heteroatoms. The van der Waals surface area contributed by atoms with Crippen LogP contribution >= 0.6 is 0 Å². The highest BCUT2D eigenvalue weighted by Crippen LogP contribution is 2.36. The minimum Gasteiger partial charge on any atom is -0.284 e. The van der Waals surface area contributed by atoms with Crippen molar-refractivity contribution in [2.24, 2.45) is 4.99 Å². The first-order valence-corrected chi connectivity index (χ1v) is 7.88. The highest BCUT2D eigenvalue weighted by atomic mass is 14.8. The number of aliphatic imine (C=N–C) groups is 1. The summed E-state index contributed by atoms with van der Waals surface area (Å²) in [5.41, 5.74) is 6.37. The normalized spacial score (nSPS) is 17.6. The van der Waals surface area contributed by atoms with Crippen molar-refractivity contribution >= 4 is 11.8 Å². The van der Waals surface area contributed by atoms with E-state index in [0.29, 0.717) is 5.92 Å². The zero-order valence-corrected chi connectivity index (χ0v) is 13.8. The summed E-state index contributed by atoms with van der Waals surface area (Å²) < 4.78 is 0. The van der Waals surface area contributed by atoms with Crippen molar-refractivity contribution in [2.45, 2.75) is 39.2 Å². The highest BCUT2D eigenvalue weighted by Gasteiger charge is 2.22. The molecule has 0 saturated carbocycles. The first kappa shape index (κ1) is 14.8. The summed E-state index contributed by atoms with van der Waals surface area (Å²) in [5.74, 6) is 0.331. The van der Waals surface area contributed by atoms with Crippen molar-refractivity contribution in [1.29, 1.82) is 0 Å². The van der Waals surface area contributed by atoms with Gasteiger partial charge in [0.05, 0.1) is 5.54 Å². The number of hydrogen-bond donors (Lipinski definition) is 0. The lowest BCUT2D eigenvalue weighted by molar-refractivity contribution is 0.583. The van der Waals surface area contributed by atoms with Gasteiger partial charge in [0.15, 0.2) is 0 Å². The number of fused-ring (bicyclic) bond motifs is 1. The van der Waals surface area contributed by atoms with Crippen LogP contribution in [0, 0.1) is 0 Å². The third-order valence-electron chi connectivity index (χ3n) is 3.99. The lowest BCUT2D eigenvalue weighted by Gasteiger charge is -2.19. The molecule has 1 nitrogen and oxygen atoms in total. The van der Waals surface area contributed by atoms with E-state index in [4.69, 9.17) is 4.99 Å². The fourth-order valence-corrected chi connectivity index (χ4v) is 3.18. The molecule has 112 valence electrons. The second-order valence-electron chi connectivity index (χ2n) is 6.92. The quantitative estimate of drug-likeness (QED) is 0.652. The van der Waals surface area contributed by atoms with E-state index in [1.54, 1.807) is 0 Å². The third kappa shape index (κ3) is 2.89. The summed E-state index contributed by atoms with van der Waals surface area (Å²) in [4.78, 5) is 4.86. The van der Waals surface area contributed by atoms with Crippen molar-refractivity contribution in [3.8, 4) is 0 Å². The molecule has 0 N–H and O–H groups in total. The fourth-order valence-electron chi connectivity index (χ4n) is 3.18. The molecule has 1 aliphatic carbocycles. The smallest absolute Gasteiger partial charge is 0.0527 e. The maximum atomic E-state index is 4.86. The number of hydrogen-bond acceptors (Lipinski definition) is 1. The Morgan fingerprint density at radius 1 is 0.909 bits per heavy atom. The van der Waals surface area contributed by atoms with Crippen molar-refractivity contribution in [2.75, 3.05) is 0 Å². The lowest BCUT2D eigenvalue weighted by Crippen LogP contribution is -2.14. The Bertz CT molecular complexity index is 744. The van der Waals surface area contributed by atoms with Crippen LogP contribution in [0.2, 0.25) is 0 Å². The summed E-state index contributed by atoms with van der Waals surface area (Å²) in [6, 6.07) is 17.3. The molecular formula is C21H23N. The van der Waals surface area contributed by atoms with Crippen LogP contribution in [0.1, 0.15) is 55.9 Å². The first-order chi connectivity index (χ1) is 10.5. The van der Waals surface area contributed by atoms with Crippen molar-refractivity contribution in [3.05, 3.63) is 76.9 Å².